The third-order valence-electron chi connectivity index (χ3n) is 3.47. The molecule has 0 amide bonds. The van der Waals surface area contributed by atoms with Crippen LogP contribution in [0.25, 0.3) is 0 Å². The number of sulfone groups is 1. The fraction of sp³-hybridized carbons (Fsp3) is 0.615. The van der Waals surface area contributed by atoms with E-state index in [1.807, 2.05) is 25.1 Å². The van der Waals surface area contributed by atoms with Gasteiger partial charge in [0.25, 0.3) is 0 Å². The molecule has 0 aliphatic carbocycles. The summed E-state index contributed by atoms with van der Waals surface area (Å²) >= 11 is 0. The van der Waals surface area contributed by atoms with Crippen molar-refractivity contribution >= 4 is 21.2 Å². The molecule has 2 heterocycles. The van der Waals surface area contributed by atoms with Crippen molar-refractivity contribution in [2.45, 2.75) is 18.9 Å². The van der Waals surface area contributed by atoms with E-state index in [0.717, 1.165) is 11.4 Å². The maximum Gasteiger partial charge on any atom is 0.239 e. The zero-order valence-corrected chi connectivity index (χ0v) is 12.9. The molecular formula is C13H21N3O3S. The Morgan fingerprint density at radius 1 is 1.35 bits per heavy atom. The molecule has 2 rings (SSSR count). The standard InChI is InChI=1S/C13H21N3O3S/c1-16(2)11-4-7-14-13(19-3)12(11)15-10-5-8-20(17,18)9-6-10/h4,7,10,15H,5-6,8-9H2,1-3H3. The topological polar surface area (TPSA) is 71.5 Å². The molecule has 0 unspecified atom stereocenters. The number of hydrogen-bond donors (Lipinski definition) is 1. The monoisotopic (exact) mass is 299 g/mol. The lowest BCUT2D eigenvalue weighted by atomic mass is 10.1. The van der Waals surface area contributed by atoms with E-state index in [-0.39, 0.29) is 17.5 Å². The lowest BCUT2D eigenvalue weighted by Crippen LogP contribution is -2.32. The first kappa shape index (κ1) is 14.9. The molecule has 112 valence electrons. The Kier molecular flexibility index (Phi) is 4.37. The minimum atomic E-state index is -2.85. The van der Waals surface area contributed by atoms with E-state index < -0.39 is 9.84 Å². The minimum absolute atomic E-state index is 0.135. The third kappa shape index (κ3) is 3.33. The molecule has 0 bridgehead atoms. The van der Waals surface area contributed by atoms with E-state index >= 15 is 0 Å². The van der Waals surface area contributed by atoms with Gasteiger partial charge in [-0.25, -0.2) is 13.4 Å². The van der Waals surface area contributed by atoms with Crippen LogP contribution in [0.1, 0.15) is 12.8 Å². The maximum atomic E-state index is 11.5. The normalized spacial score (nSPS) is 18.6. The van der Waals surface area contributed by atoms with Gasteiger partial charge in [-0.3, -0.25) is 0 Å². The number of pyridine rings is 1. The van der Waals surface area contributed by atoms with Gasteiger partial charge in [-0.15, -0.1) is 0 Å². The number of hydrogen-bond acceptors (Lipinski definition) is 6. The molecule has 0 aromatic carbocycles. The van der Waals surface area contributed by atoms with E-state index in [4.69, 9.17) is 4.74 Å². The Labute approximate surface area is 120 Å². The lowest BCUT2D eigenvalue weighted by molar-refractivity contribution is 0.399. The van der Waals surface area contributed by atoms with Crippen molar-refractivity contribution < 1.29 is 13.2 Å². The van der Waals surface area contributed by atoms with E-state index in [1.165, 1.54) is 0 Å². The van der Waals surface area contributed by atoms with E-state index in [9.17, 15) is 8.42 Å². The van der Waals surface area contributed by atoms with Crippen LogP contribution in [0, 0.1) is 0 Å². The molecule has 1 aromatic heterocycles. The largest absolute Gasteiger partial charge is 0.479 e. The van der Waals surface area contributed by atoms with Crippen LogP contribution in [0.2, 0.25) is 0 Å². The van der Waals surface area contributed by atoms with Crippen molar-refractivity contribution in [2.75, 3.05) is 42.9 Å². The molecule has 7 heteroatoms. The number of nitrogens with zero attached hydrogens (tertiary/aromatic N) is 2. The van der Waals surface area contributed by atoms with Crippen molar-refractivity contribution in [2.24, 2.45) is 0 Å². The van der Waals surface area contributed by atoms with Gasteiger partial charge in [0.15, 0.2) is 0 Å². The molecule has 0 radical (unpaired) electrons. The number of ether oxygens (including phenoxy) is 1. The molecule has 20 heavy (non-hydrogen) atoms. The average Bonchev–Trinajstić information content (AvgIpc) is 2.41. The van der Waals surface area contributed by atoms with Gasteiger partial charge in [-0.05, 0) is 18.9 Å². The molecule has 1 N–H and O–H groups in total. The highest BCUT2D eigenvalue weighted by Gasteiger charge is 2.25. The predicted molar refractivity (Wildman–Crippen MR) is 80.4 cm³/mol. The highest BCUT2D eigenvalue weighted by Crippen LogP contribution is 2.33. The zero-order valence-electron chi connectivity index (χ0n) is 12.1. The van der Waals surface area contributed by atoms with Crippen LogP contribution in [-0.2, 0) is 9.84 Å². The Balaban J connectivity index is 2.20. The molecule has 0 saturated carbocycles. The summed E-state index contributed by atoms with van der Waals surface area (Å²) < 4.78 is 28.2. The maximum absolute atomic E-state index is 11.5. The van der Waals surface area contributed by atoms with Gasteiger partial charge in [0.2, 0.25) is 5.88 Å². The van der Waals surface area contributed by atoms with Crippen LogP contribution in [0.5, 0.6) is 5.88 Å². The Hall–Kier alpha value is -1.50. The first-order valence-electron chi connectivity index (χ1n) is 6.60. The summed E-state index contributed by atoms with van der Waals surface area (Å²) in [5.74, 6) is 1.01. The number of nitrogens with one attached hydrogen (secondary N) is 1. The molecule has 0 atom stereocenters. The number of anilines is 2. The third-order valence-corrected chi connectivity index (χ3v) is 5.19. The molecule has 0 spiro atoms. The highest BCUT2D eigenvalue weighted by molar-refractivity contribution is 7.91. The van der Waals surface area contributed by atoms with Crippen LogP contribution in [0.15, 0.2) is 12.3 Å². The van der Waals surface area contributed by atoms with Crippen LogP contribution in [0.4, 0.5) is 11.4 Å². The predicted octanol–water partition coefficient (Wildman–Crippen LogP) is 1.15. The molecule has 1 aliphatic heterocycles. The SMILES string of the molecule is COc1nccc(N(C)C)c1NC1CCS(=O)(=O)CC1. The second kappa shape index (κ2) is 5.87. The summed E-state index contributed by atoms with van der Waals surface area (Å²) in [5.41, 5.74) is 1.80. The summed E-state index contributed by atoms with van der Waals surface area (Å²) in [6, 6.07) is 2.04. The van der Waals surface area contributed by atoms with E-state index in [1.54, 1.807) is 13.3 Å². The average molecular weight is 299 g/mol. The fourth-order valence-corrected chi connectivity index (χ4v) is 3.83. The summed E-state index contributed by atoms with van der Waals surface area (Å²) in [6.07, 6.45) is 2.94. The highest BCUT2D eigenvalue weighted by atomic mass is 32.2. The van der Waals surface area contributed by atoms with Crippen molar-refractivity contribution in [1.82, 2.24) is 4.98 Å². The molecular weight excluding hydrogens is 278 g/mol. The number of rotatable bonds is 4. The summed E-state index contributed by atoms with van der Waals surface area (Å²) in [6.45, 7) is 0. The molecule has 1 aliphatic rings. The van der Waals surface area contributed by atoms with Gasteiger partial charge >= 0.3 is 0 Å². The van der Waals surface area contributed by atoms with Gasteiger partial charge in [0, 0.05) is 26.3 Å². The smallest absolute Gasteiger partial charge is 0.239 e. The molecule has 1 fully saturated rings. The van der Waals surface area contributed by atoms with Gasteiger partial charge in [0.1, 0.15) is 15.5 Å². The Morgan fingerprint density at radius 3 is 2.55 bits per heavy atom. The lowest BCUT2D eigenvalue weighted by Gasteiger charge is -2.27. The van der Waals surface area contributed by atoms with Crippen LogP contribution >= 0.6 is 0 Å². The zero-order chi connectivity index (χ0) is 14.8. The number of aromatic nitrogens is 1. The first-order chi connectivity index (χ1) is 9.43. The summed E-state index contributed by atoms with van der Waals surface area (Å²) in [5, 5.41) is 3.39. The summed E-state index contributed by atoms with van der Waals surface area (Å²) in [4.78, 5) is 6.18. The van der Waals surface area contributed by atoms with Crippen LogP contribution in [-0.4, -0.2) is 52.2 Å². The molecule has 1 saturated heterocycles. The van der Waals surface area contributed by atoms with E-state index in [0.29, 0.717) is 18.7 Å². The number of methoxy groups -OCH3 is 1. The fourth-order valence-electron chi connectivity index (χ4n) is 2.33. The Morgan fingerprint density at radius 2 is 2.00 bits per heavy atom. The van der Waals surface area contributed by atoms with E-state index in [2.05, 4.69) is 10.3 Å². The molecule has 1 aromatic rings. The minimum Gasteiger partial charge on any atom is -0.479 e. The first-order valence-corrected chi connectivity index (χ1v) is 8.42. The van der Waals surface area contributed by atoms with Gasteiger partial charge < -0.3 is 15.0 Å². The van der Waals surface area contributed by atoms with Gasteiger partial charge in [-0.2, -0.15) is 0 Å². The van der Waals surface area contributed by atoms with Crippen LogP contribution in [0.3, 0.4) is 0 Å². The second-order valence-electron chi connectivity index (χ2n) is 5.18. The van der Waals surface area contributed by atoms with Crippen molar-refractivity contribution in [3.63, 3.8) is 0 Å². The summed E-state index contributed by atoms with van der Waals surface area (Å²) in [7, 11) is 2.63. The van der Waals surface area contributed by atoms with Crippen molar-refractivity contribution in [1.29, 1.82) is 0 Å². The van der Waals surface area contributed by atoms with Gasteiger partial charge in [-0.1, -0.05) is 0 Å². The van der Waals surface area contributed by atoms with Crippen molar-refractivity contribution in [3.05, 3.63) is 12.3 Å². The quantitative estimate of drug-likeness (QED) is 0.899. The second-order valence-corrected chi connectivity index (χ2v) is 7.48. The van der Waals surface area contributed by atoms with Crippen molar-refractivity contribution in [3.8, 4) is 5.88 Å². The Bertz CT molecular complexity index is 558. The molecule has 6 nitrogen and oxygen atoms in total. The van der Waals surface area contributed by atoms with Crippen LogP contribution < -0.4 is 15.0 Å². The van der Waals surface area contributed by atoms with Gasteiger partial charge in [0.05, 0.1) is 24.3 Å².